The molecule has 0 radical (unpaired) electrons. The molecule has 2 aliphatic rings. The summed E-state index contributed by atoms with van der Waals surface area (Å²) in [4.78, 5) is 15.5. The van der Waals surface area contributed by atoms with Gasteiger partial charge in [0.25, 0.3) is 0 Å². The van der Waals surface area contributed by atoms with Gasteiger partial charge in [-0.05, 0) is 50.6 Å². The third-order valence-corrected chi connectivity index (χ3v) is 5.44. The summed E-state index contributed by atoms with van der Waals surface area (Å²) >= 11 is 0. The number of rotatable bonds is 4. The van der Waals surface area contributed by atoms with Gasteiger partial charge >= 0.3 is 0 Å². The highest BCUT2D eigenvalue weighted by Gasteiger charge is 2.43. The van der Waals surface area contributed by atoms with E-state index in [4.69, 9.17) is 0 Å². The van der Waals surface area contributed by atoms with Gasteiger partial charge in [-0.3, -0.25) is 9.48 Å². The zero-order valence-electron chi connectivity index (χ0n) is 14.4. The van der Waals surface area contributed by atoms with Crippen molar-refractivity contribution in [3.05, 3.63) is 48.8 Å². The number of nitrogens with one attached hydrogen (secondary N) is 2. The zero-order valence-corrected chi connectivity index (χ0v) is 14.4. The average molecular weight is 339 g/mol. The summed E-state index contributed by atoms with van der Waals surface area (Å²) in [5, 5.41) is 11.0. The molecule has 4 rings (SSSR count). The minimum absolute atomic E-state index is 0.109. The van der Waals surface area contributed by atoms with E-state index < -0.39 is 5.54 Å². The fourth-order valence-electron chi connectivity index (χ4n) is 3.99. The first-order valence-corrected chi connectivity index (χ1v) is 9.10. The van der Waals surface area contributed by atoms with E-state index in [0.29, 0.717) is 0 Å². The minimum Gasteiger partial charge on any atom is -0.369 e. The molecule has 2 aromatic rings. The van der Waals surface area contributed by atoms with Gasteiger partial charge in [0.05, 0.1) is 0 Å². The van der Waals surface area contributed by atoms with Crippen molar-refractivity contribution in [1.29, 1.82) is 0 Å². The van der Waals surface area contributed by atoms with Gasteiger partial charge in [0, 0.05) is 37.2 Å². The zero-order chi connectivity index (χ0) is 17.1. The molecular formula is C19H25N5O. The summed E-state index contributed by atoms with van der Waals surface area (Å²) in [5.74, 6) is 0.109. The molecule has 0 spiro atoms. The highest BCUT2D eigenvalue weighted by molar-refractivity contribution is 5.85. The van der Waals surface area contributed by atoms with Crippen molar-refractivity contribution in [2.45, 2.75) is 30.8 Å². The lowest BCUT2D eigenvalue weighted by atomic mass is 9.87. The van der Waals surface area contributed by atoms with Crippen LogP contribution in [0.5, 0.6) is 0 Å². The Morgan fingerprint density at radius 2 is 2.00 bits per heavy atom. The number of carbonyl (C=O) groups is 1. The van der Waals surface area contributed by atoms with Crippen molar-refractivity contribution in [1.82, 2.24) is 20.4 Å². The standard InChI is InChI=1S/C19H25N5O/c25-18(19(8-11-20-12-9-19)24-13-4-10-21-24)22-16-7-14-23(15-16)17-5-2-1-3-6-17/h1-6,10,13,16,20H,7-9,11-12,14-15H2,(H,22,25). The lowest BCUT2D eigenvalue weighted by molar-refractivity contribution is -0.132. The van der Waals surface area contributed by atoms with E-state index in [1.807, 2.05) is 23.0 Å². The van der Waals surface area contributed by atoms with Crippen LogP contribution < -0.4 is 15.5 Å². The van der Waals surface area contributed by atoms with E-state index >= 15 is 0 Å². The lowest BCUT2D eigenvalue weighted by Gasteiger charge is -2.37. The fraction of sp³-hybridized carbons (Fsp3) is 0.474. The number of benzene rings is 1. The van der Waals surface area contributed by atoms with E-state index in [-0.39, 0.29) is 11.9 Å². The van der Waals surface area contributed by atoms with Crippen LogP contribution in [0.25, 0.3) is 0 Å². The molecule has 3 heterocycles. The van der Waals surface area contributed by atoms with Gasteiger partial charge in [-0.1, -0.05) is 18.2 Å². The predicted molar refractivity (Wildman–Crippen MR) is 97.5 cm³/mol. The summed E-state index contributed by atoms with van der Waals surface area (Å²) < 4.78 is 1.85. The Morgan fingerprint density at radius 1 is 1.20 bits per heavy atom. The number of hydrogen-bond acceptors (Lipinski definition) is 4. The maximum atomic E-state index is 13.2. The first-order chi connectivity index (χ1) is 12.3. The molecular weight excluding hydrogens is 314 g/mol. The molecule has 1 atom stereocenters. The molecule has 0 aliphatic carbocycles. The molecule has 2 aliphatic heterocycles. The third kappa shape index (κ3) is 3.14. The van der Waals surface area contributed by atoms with E-state index in [0.717, 1.165) is 45.4 Å². The van der Waals surface area contributed by atoms with Crippen LogP contribution in [0.1, 0.15) is 19.3 Å². The van der Waals surface area contributed by atoms with Crippen molar-refractivity contribution in [2.24, 2.45) is 0 Å². The van der Waals surface area contributed by atoms with E-state index in [1.165, 1.54) is 5.69 Å². The quantitative estimate of drug-likeness (QED) is 0.883. The Bertz CT molecular complexity index is 694. The Hall–Kier alpha value is -2.34. The van der Waals surface area contributed by atoms with Gasteiger partial charge < -0.3 is 15.5 Å². The van der Waals surface area contributed by atoms with Crippen molar-refractivity contribution < 1.29 is 4.79 Å². The fourth-order valence-corrected chi connectivity index (χ4v) is 3.99. The maximum Gasteiger partial charge on any atom is 0.248 e. The van der Waals surface area contributed by atoms with Crippen LogP contribution in [0, 0.1) is 0 Å². The highest BCUT2D eigenvalue weighted by atomic mass is 16.2. The largest absolute Gasteiger partial charge is 0.369 e. The molecule has 1 aromatic heterocycles. The van der Waals surface area contributed by atoms with Crippen molar-refractivity contribution >= 4 is 11.6 Å². The number of para-hydroxylation sites is 1. The molecule has 25 heavy (non-hydrogen) atoms. The summed E-state index contributed by atoms with van der Waals surface area (Å²) in [6.07, 6.45) is 6.19. The second-order valence-corrected chi connectivity index (χ2v) is 6.97. The SMILES string of the molecule is O=C(NC1CCN(c2ccccc2)C1)C1(n2cccn2)CCNCC1. The number of aromatic nitrogens is 2. The molecule has 132 valence electrons. The number of nitrogens with zero attached hydrogens (tertiary/aromatic N) is 3. The topological polar surface area (TPSA) is 62.2 Å². The Labute approximate surface area is 148 Å². The second-order valence-electron chi connectivity index (χ2n) is 6.97. The molecule has 2 saturated heterocycles. The maximum absolute atomic E-state index is 13.2. The molecule has 2 N–H and O–H groups in total. The molecule has 2 fully saturated rings. The van der Waals surface area contributed by atoms with E-state index in [9.17, 15) is 4.79 Å². The van der Waals surface area contributed by atoms with Crippen LogP contribution in [-0.2, 0) is 10.3 Å². The number of piperidine rings is 1. The van der Waals surface area contributed by atoms with E-state index in [1.54, 1.807) is 6.20 Å². The molecule has 1 aromatic carbocycles. The smallest absolute Gasteiger partial charge is 0.248 e. The van der Waals surface area contributed by atoms with Gasteiger partial charge in [-0.25, -0.2) is 0 Å². The van der Waals surface area contributed by atoms with Gasteiger partial charge in [-0.15, -0.1) is 0 Å². The van der Waals surface area contributed by atoms with Crippen LogP contribution in [0.2, 0.25) is 0 Å². The monoisotopic (exact) mass is 339 g/mol. The first kappa shape index (κ1) is 16.1. The normalized spacial score (nSPS) is 22.7. The summed E-state index contributed by atoms with van der Waals surface area (Å²) in [5.41, 5.74) is 0.664. The Kier molecular flexibility index (Phi) is 4.44. The number of carbonyl (C=O) groups excluding carboxylic acids is 1. The van der Waals surface area contributed by atoms with E-state index in [2.05, 4.69) is 44.9 Å². The van der Waals surface area contributed by atoms with Crippen LogP contribution in [0.15, 0.2) is 48.8 Å². The van der Waals surface area contributed by atoms with Crippen LogP contribution in [-0.4, -0.2) is 47.9 Å². The summed E-state index contributed by atoms with van der Waals surface area (Å²) in [6, 6.07) is 12.5. The van der Waals surface area contributed by atoms with Gasteiger partial charge in [-0.2, -0.15) is 5.10 Å². The third-order valence-electron chi connectivity index (χ3n) is 5.44. The minimum atomic E-state index is -0.561. The van der Waals surface area contributed by atoms with Gasteiger partial charge in [0.15, 0.2) is 0 Å². The summed E-state index contributed by atoms with van der Waals surface area (Å²) in [6.45, 7) is 3.52. The van der Waals surface area contributed by atoms with Gasteiger partial charge in [0.2, 0.25) is 5.91 Å². The molecule has 0 saturated carbocycles. The summed E-state index contributed by atoms with van der Waals surface area (Å²) in [7, 11) is 0. The van der Waals surface area contributed by atoms with Crippen molar-refractivity contribution in [2.75, 3.05) is 31.1 Å². The Balaban J connectivity index is 1.46. The second kappa shape index (κ2) is 6.88. The highest BCUT2D eigenvalue weighted by Crippen LogP contribution is 2.28. The Morgan fingerprint density at radius 3 is 2.72 bits per heavy atom. The molecule has 1 unspecified atom stereocenters. The van der Waals surface area contributed by atoms with Crippen LogP contribution >= 0.6 is 0 Å². The average Bonchev–Trinajstić information content (AvgIpc) is 3.35. The molecule has 6 heteroatoms. The lowest BCUT2D eigenvalue weighted by Crippen LogP contribution is -2.56. The van der Waals surface area contributed by atoms with Crippen molar-refractivity contribution in [3.8, 4) is 0 Å². The van der Waals surface area contributed by atoms with Crippen LogP contribution in [0.4, 0.5) is 5.69 Å². The first-order valence-electron chi connectivity index (χ1n) is 9.10. The van der Waals surface area contributed by atoms with Crippen molar-refractivity contribution in [3.63, 3.8) is 0 Å². The predicted octanol–water partition coefficient (Wildman–Crippen LogP) is 1.36. The molecule has 0 bridgehead atoms. The van der Waals surface area contributed by atoms with Gasteiger partial charge in [0.1, 0.15) is 5.54 Å². The van der Waals surface area contributed by atoms with Crippen LogP contribution in [0.3, 0.4) is 0 Å². The number of anilines is 1. The number of amides is 1. The molecule has 6 nitrogen and oxygen atoms in total. The molecule has 1 amide bonds. The number of hydrogen-bond donors (Lipinski definition) is 2.